The Kier molecular flexibility index (Phi) is 6.06. The molecule has 1 aromatic heterocycles. The molecule has 2 N–H and O–H groups in total. The van der Waals surface area contributed by atoms with Crippen LogP contribution in [-0.4, -0.2) is 35.5 Å². The lowest BCUT2D eigenvalue weighted by atomic mass is 9.88. The molecule has 0 spiro atoms. The monoisotopic (exact) mass is 390 g/mol. The number of hydrogen-bond acceptors (Lipinski definition) is 5. The summed E-state index contributed by atoms with van der Waals surface area (Å²) in [5.41, 5.74) is 2.43. The third-order valence-corrected chi connectivity index (χ3v) is 4.72. The highest BCUT2D eigenvalue weighted by molar-refractivity contribution is 5.91. The van der Waals surface area contributed by atoms with E-state index in [4.69, 9.17) is 9.47 Å². The van der Waals surface area contributed by atoms with Gasteiger partial charge < -0.3 is 19.8 Å². The van der Waals surface area contributed by atoms with Gasteiger partial charge >= 0.3 is 11.9 Å². The molecule has 28 heavy (non-hydrogen) atoms. The first-order valence-corrected chi connectivity index (χ1v) is 9.37. The lowest BCUT2D eigenvalue weighted by molar-refractivity contribution is -0.140. The van der Waals surface area contributed by atoms with Gasteiger partial charge in [0.05, 0.1) is 7.11 Å². The minimum atomic E-state index is -0.643. The Morgan fingerprint density at radius 2 is 1.89 bits per heavy atom. The SMILES string of the molecule is COC(=O)CCc1c(C(=O)OC(C)(C)C)[nH]c(/C=C2/NC(=O)CC2(C)C)c1C. The van der Waals surface area contributed by atoms with E-state index in [0.717, 1.165) is 11.3 Å². The number of amides is 1. The molecular weight excluding hydrogens is 360 g/mol. The molecule has 7 heteroatoms. The Hall–Kier alpha value is -2.57. The van der Waals surface area contributed by atoms with Crippen molar-refractivity contribution in [3.63, 3.8) is 0 Å². The first-order valence-electron chi connectivity index (χ1n) is 9.37. The third-order valence-electron chi connectivity index (χ3n) is 4.72. The van der Waals surface area contributed by atoms with Crippen LogP contribution < -0.4 is 5.32 Å². The second-order valence-electron chi connectivity index (χ2n) is 8.76. The average molecular weight is 390 g/mol. The van der Waals surface area contributed by atoms with Crippen LogP contribution in [0, 0.1) is 12.3 Å². The van der Waals surface area contributed by atoms with Gasteiger partial charge in [-0.3, -0.25) is 9.59 Å². The van der Waals surface area contributed by atoms with Crippen molar-refractivity contribution in [1.29, 1.82) is 0 Å². The van der Waals surface area contributed by atoms with Gasteiger partial charge in [0.1, 0.15) is 11.3 Å². The van der Waals surface area contributed by atoms with Crippen LogP contribution in [0.5, 0.6) is 0 Å². The van der Waals surface area contributed by atoms with E-state index in [1.807, 2.05) is 26.8 Å². The summed E-state index contributed by atoms with van der Waals surface area (Å²) in [5.74, 6) is -0.853. The van der Waals surface area contributed by atoms with Gasteiger partial charge in [0.15, 0.2) is 0 Å². The van der Waals surface area contributed by atoms with E-state index in [1.54, 1.807) is 20.8 Å². The summed E-state index contributed by atoms with van der Waals surface area (Å²) >= 11 is 0. The van der Waals surface area contributed by atoms with Crippen LogP contribution in [0.25, 0.3) is 6.08 Å². The second kappa shape index (κ2) is 7.81. The summed E-state index contributed by atoms with van der Waals surface area (Å²) in [6.45, 7) is 11.3. The van der Waals surface area contributed by atoms with E-state index in [2.05, 4.69) is 10.3 Å². The molecule has 2 heterocycles. The summed E-state index contributed by atoms with van der Waals surface area (Å²) in [4.78, 5) is 39.3. The van der Waals surface area contributed by atoms with Gasteiger partial charge in [-0.2, -0.15) is 0 Å². The number of aromatic amines is 1. The van der Waals surface area contributed by atoms with Crippen LogP contribution in [0.15, 0.2) is 5.70 Å². The molecule has 1 saturated heterocycles. The van der Waals surface area contributed by atoms with Crippen LogP contribution >= 0.6 is 0 Å². The fourth-order valence-electron chi connectivity index (χ4n) is 3.18. The Morgan fingerprint density at radius 3 is 2.39 bits per heavy atom. The van der Waals surface area contributed by atoms with Crippen molar-refractivity contribution in [2.24, 2.45) is 5.41 Å². The van der Waals surface area contributed by atoms with Gasteiger partial charge in [0.25, 0.3) is 0 Å². The van der Waals surface area contributed by atoms with Crippen LogP contribution in [0.2, 0.25) is 0 Å². The zero-order valence-electron chi connectivity index (χ0n) is 17.7. The molecule has 1 aliphatic rings. The fourth-order valence-corrected chi connectivity index (χ4v) is 3.18. The van der Waals surface area contributed by atoms with E-state index in [-0.39, 0.29) is 23.7 Å². The van der Waals surface area contributed by atoms with Crippen LogP contribution in [0.4, 0.5) is 0 Å². The standard InChI is InChI=1S/C21H30N2O5/c1-12-13(8-9-17(25)27-7)18(19(26)28-20(2,3)4)22-14(12)10-15-21(5,6)11-16(24)23-15/h10,22H,8-9,11H2,1-7H3,(H,23,24)/b15-10+. The van der Waals surface area contributed by atoms with Gasteiger partial charge in [0, 0.05) is 29.6 Å². The molecule has 0 saturated carbocycles. The molecular formula is C21H30N2O5. The summed E-state index contributed by atoms with van der Waals surface area (Å²) in [5, 5.41) is 2.89. The predicted molar refractivity (Wildman–Crippen MR) is 106 cm³/mol. The highest BCUT2D eigenvalue weighted by atomic mass is 16.6. The zero-order valence-corrected chi connectivity index (χ0v) is 17.7. The second-order valence-corrected chi connectivity index (χ2v) is 8.76. The molecule has 0 radical (unpaired) electrons. The maximum absolute atomic E-state index is 12.7. The number of rotatable bonds is 5. The number of nitrogens with one attached hydrogen (secondary N) is 2. The summed E-state index contributed by atoms with van der Waals surface area (Å²) in [7, 11) is 1.34. The topological polar surface area (TPSA) is 97.5 Å². The number of H-pyrrole nitrogens is 1. The van der Waals surface area contributed by atoms with Crippen molar-refractivity contribution in [3.8, 4) is 0 Å². The summed E-state index contributed by atoms with van der Waals surface area (Å²) in [6.07, 6.45) is 2.77. The van der Waals surface area contributed by atoms with Crippen LogP contribution in [-0.2, 0) is 25.5 Å². The van der Waals surface area contributed by atoms with Crippen LogP contribution in [0.1, 0.15) is 74.8 Å². The Bertz CT molecular complexity index is 825. The number of aromatic nitrogens is 1. The largest absolute Gasteiger partial charge is 0.469 e. The van der Waals surface area contributed by atoms with Crippen molar-refractivity contribution < 1.29 is 23.9 Å². The summed E-state index contributed by atoms with van der Waals surface area (Å²) in [6, 6.07) is 0. The quantitative estimate of drug-likeness (QED) is 0.752. The maximum atomic E-state index is 12.7. The van der Waals surface area contributed by atoms with E-state index < -0.39 is 11.6 Å². The molecule has 1 aromatic rings. The molecule has 2 rings (SSSR count). The number of ether oxygens (including phenoxy) is 2. The lowest BCUT2D eigenvalue weighted by Gasteiger charge is -2.19. The van der Waals surface area contributed by atoms with Crippen molar-refractivity contribution in [2.45, 2.75) is 66.4 Å². The zero-order chi connectivity index (χ0) is 21.3. The molecule has 0 atom stereocenters. The van der Waals surface area contributed by atoms with Crippen molar-refractivity contribution in [2.75, 3.05) is 7.11 Å². The van der Waals surface area contributed by atoms with Crippen molar-refractivity contribution in [3.05, 3.63) is 28.2 Å². The van der Waals surface area contributed by atoms with E-state index in [1.165, 1.54) is 7.11 Å². The number of carbonyl (C=O) groups is 3. The fraction of sp³-hybridized carbons (Fsp3) is 0.571. The minimum absolute atomic E-state index is 0.0289. The molecule has 7 nitrogen and oxygen atoms in total. The van der Waals surface area contributed by atoms with E-state index in [0.29, 0.717) is 29.8 Å². The highest BCUT2D eigenvalue weighted by Gasteiger charge is 2.35. The number of hydrogen-bond donors (Lipinski definition) is 2. The molecule has 1 fully saturated rings. The Morgan fingerprint density at radius 1 is 1.25 bits per heavy atom. The predicted octanol–water partition coefficient (Wildman–Crippen LogP) is 3.27. The first kappa shape index (κ1) is 21.7. The molecule has 0 unspecified atom stereocenters. The van der Waals surface area contributed by atoms with Gasteiger partial charge in [0.2, 0.25) is 5.91 Å². The summed E-state index contributed by atoms with van der Waals surface area (Å²) < 4.78 is 10.2. The van der Waals surface area contributed by atoms with Gasteiger partial charge in [-0.25, -0.2) is 4.79 Å². The smallest absolute Gasteiger partial charge is 0.355 e. The Labute approximate surface area is 165 Å². The maximum Gasteiger partial charge on any atom is 0.355 e. The molecule has 1 aliphatic heterocycles. The lowest BCUT2D eigenvalue weighted by Crippen LogP contribution is -2.24. The average Bonchev–Trinajstić information content (AvgIpc) is 2.99. The molecule has 0 bridgehead atoms. The molecule has 0 aliphatic carbocycles. The number of carbonyl (C=O) groups excluding carboxylic acids is 3. The van der Waals surface area contributed by atoms with Gasteiger partial charge in [-0.1, -0.05) is 13.8 Å². The third kappa shape index (κ3) is 5.03. The van der Waals surface area contributed by atoms with Crippen LogP contribution in [0.3, 0.4) is 0 Å². The molecule has 154 valence electrons. The minimum Gasteiger partial charge on any atom is -0.469 e. The first-order chi connectivity index (χ1) is 12.8. The molecule has 1 amide bonds. The number of esters is 2. The molecule has 0 aromatic carbocycles. The highest BCUT2D eigenvalue weighted by Crippen LogP contribution is 2.36. The van der Waals surface area contributed by atoms with Crippen molar-refractivity contribution in [1.82, 2.24) is 10.3 Å². The van der Waals surface area contributed by atoms with E-state index >= 15 is 0 Å². The normalized spacial score (nSPS) is 17.5. The van der Waals surface area contributed by atoms with Crippen molar-refractivity contribution >= 4 is 23.9 Å². The number of methoxy groups -OCH3 is 1. The number of allylic oxidation sites excluding steroid dienone is 1. The van der Waals surface area contributed by atoms with E-state index in [9.17, 15) is 14.4 Å². The van der Waals surface area contributed by atoms with Gasteiger partial charge in [-0.05, 0) is 51.3 Å². The Balaban J connectivity index is 2.46. The van der Waals surface area contributed by atoms with Gasteiger partial charge in [-0.15, -0.1) is 0 Å².